The van der Waals surface area contributed by atoms with Gasteiger partial charge >= 0.3 is 6.61 Å². The summed E-state index contributed by atoms with van der Waals surface area (Å²) in [6, 6.07) is 10.4. The highest BCUT2D eigenvalue weighted by molar-refractivity contribution is 7.80. The van der Waals surface area contributed by atoms with Gasteiger partial charge in [0, 0.05) is 0 Å². The summed E-state index contributed by atoms with van der Waals surface area (Å²) in [5.74, 6) is -1.56. The van der Waals surface area contributed by atoms with E-state index in [1.54, 1.807) is 0 Å². The minimum Gasteiger partial charge on any atom is -0.434 e. The maximum Gasteiger partial charge on any atom is 0.387 e. The highest BCUT2D eigenvalue weighted by Gasteiger charge is 2.19. The number of hydrogen-bond donors (Lipinski definition) is 2. The molecule has 0 bridgehead atoms. The Kier molecular flexibility index (Phi) is 5.59. The van der Waals surface area contributed by atoms with Gasteiger partial charge in [-0.1, -0.05) is 12.1 Å². The van der Waals surface area contributed by atoms with Crippen molar-refractivity contribution >= 4 is 28.9 Å². The van der Waals surface area contributed by atoms with Crippen LogP contribution in [0.15, 0.2) is 48.5 Å². The molecule has 9 heteroatoms. The van der Waals surface area contributed by atoms with E-state index in [1.165, 1.54) is 36.4 Å². The summed E-state index contributed by atoms with van der Waals surface area (Å²) in [4.78, 5) is 12.3. The molecule has 126 valence electrons. The summed E-state index contributed by atoms with van der Waals surface area (Å²) < 4.78 is 42.1. The van der Waals surface area contributed by atoms with E-state index >= 15 is 0 Å². The van der Waals surface area contributed by atoms with Gasteiger partial charge in [0.15, 0.2) is 5.11 Å². The fraction of sp³-hybridized carbons (Fsp3) is 0.0667. The van der Waals surface area contributed by atoms with E-state index in [0.717, 1.165) is 17.1 Å². The standard InChI is InChI=1S/C15H12F3N3O2S/c16-9-5-7-10(8-6-9)21(15(19)24)20-13(22)11-3-1-2-4-12(11)23-14(17)18/h1-8,14H,(H2,19,24)(H,20,22). The number of alkyl halides is 2. The lowest BCUT2D eigenvalue weighted by atomic mass is 10.2. The normalized spacial score (nSPS) is 10.3. The molecule has 5 nitrogen and oxygen atoms in total. The van der Waals surface area contributed by atoms with Crippen molar-refractivity contribution in [2.45, 2.75) is 6.61 Å². The van der Waals surface area contributed by atoms with E-state index in [4.69, 9.17) is 18.0 Å². The van der Waals surface area contributed by atoms with Crippen molar-refractivity contribution in [3.63, 3.8) is 0 Å². The molecular formula is C15H12F3N3O2S. The number of rotatable bonds is 4. The third-order valence-electron chi connectivity index (χ3n) is 2.87. The second-order valence-corrected chi connectivity index (χ2v) is 4.88. The molecule has 0 aliphatic rings. The molecule has 0 radical (unpaired) electrons. The van der Waals surface area contributed by atoms with Crippen LogP contribution in [0.1, 0.15) is 10.4 Å². The molecule has 1 amide bonds. The van der Waals surface area contributed by atoms with Crippen molar-refractivity contribution < 1.29 is 22.7 Å². The summed E-state index contributed by atoms with van der Waals surface area (Å²) in [6.45, 7) is -3.08. The van der Waals surface area contributed by atoms with Crippen molar-refractivity contribution in [3.8, 4) is 5.75 Å². The summed E-state index contributed by atoms with van der Waals surface area (Å²) >= 11 is 4.85. The van der Waals surface area contributed by atoms with Crippen LogP contribution >= 0.6 is 12.2 Å². The Balaban J connectivity index is 2.26. The van der Waals surface area contributed by atoms with Gasteiger partial charge in [-0.2, -0.15) is 8.78 Å². The lowest BCUT2D eigenvalue weighted by Crippen LogP contribution is -2.49. The minimum absolute atomic E-state index is 0.138. The molecule has 24 heavy (non-hydrogen) atoms. The molecule has 0 saturated carbocycles. The van der Waals surface area contributed by atoms with Crippen LogP contribution < -0.4 is 20.9 Å². The van der Waals surface area contributed by atoms with Gasteiger partial charge in [-0.05, 0) is 48.6 Å². The Bertz CT molecular complexity index is 741. The molecule has 3 N–H and O–H groups in total. The van der Waals surface area contributed by atoms with Gasteiger partial charge in [-0.3, -0.25) is 10.2 Å². The highest BCUT2D eigenvalue weighted by atomic mass is 32.1. The van der Waals surface area contributed by atoms with E-state index in [2.05, 4.69) is 10.2 Å². The van der Waals surface area contributed by atoms with Gasteiger partial charge in [0.25, 0.3) is 5.91 Å². The minimum atomic E-state index is -3.08. The second-order valence-electron chi connectivity index (χ2n) is 4.47. The van der Waals surface area contributed by atoms with Crippen LogP contribution in [0, 0.1) is 5.82 Å². The summed E-state index contributed by atoms with van der Waals surface area (Å²) in [5.41, 5.74) is 8.07. The number of amides is 1. The van der Waals surface area contributed by atoms with E-state index in [9.17, 15) is 18.0 Å². The molecule has 0 heterocycles. The van der Waals surface area contributed by atoms with Crippen LogP contribution in [-0.4, -0.2) is 17.6 Å². The maximum absolute atomic E-state index is 13.0. The van der Waals surface area contributed by atoms with Crippen LogP contribution in [0.5, 0.6) is 5.75 Å². The fourth-order valence-electron chi connectivity index (χ4n) is 1.85. The average Bonchev–Trinajstić information content (AvgIpc) is 2.53. The first-order chi connectivity index (χ1) is 11.4. The molecule has 0 aliphatic carbocycles. The monoisotopic (exact) mass is 355 g/mol. The lowest BCUT2D eigenvalue weighted by molar-refractivity contribution is -0.0501. The number of nitrogens with one attached hydrogen (secondary N) is 1. The number of halogens is 3. The largest absolute Gasteiger partial charge is 0.434 e. The topological polar surface area (TPSA) is 67.6 Å². The quantitative estimate of drug-likeness (QED) is 0.652. The van der Waals surface area contributed by atoms with Crippen molar-refractivity contribution in [2.24, 2.45) is 5.73 Å². The van der Waals surface area contributed by atoms with Gasteiger partial charge in [0.1, 0.15) is 11.6 Å². The molecule has 2 aromatic carbocycles. The third-order valence-corrected chi connectivity index (χ3v) is 3.05. The van der Waals surface area contributed by atoms with Crippen LogP contribution in [-0.2, 0) is 0 Å². The number of benzene rings is 2. The fourth-order valence-corrected chi connectivity index (χ4v) is 2.00. The first kappa shape index (κ1) is 17.5. The molecule has 0 aliphatic heterocycles. The van der Waals surface area contributed by atoms with Crippen LogP contribution in [0.3, 0.4) is 0 Å². The molecule has 0 atom stereocenters. The number of hydrogen-bond acceptors (Lipinski definition) is 3. The first-order valence-electron chi connectivity index (χ1n) is 6.58. The van der Waals surface area contributed by atoms with Crippen molar-refractivity contribution in [2.75, 3.05) is 5.01 Å². The van der Waals surface area contributed by atoms with Crippen molar-refractivity contribution in [1.82, 2.24) is 5.43 Å². The third kappa shape index (κ3) is 4.35. The zero-order chi connectivity index (χ0) is 17.7. The average molecular weight is 355 g/mol. The molecular weight excluding hydrogens is 343 g/mol. The predicted molar refractivity (Wildman–Crippen MR) is 86.2 cm³/mol. The van der Waals surface area contributed by atoms with Crippen LogP contribution in [0.4, 0.5) is 18.9 Å². The number of anilines is 1. The Labute approximate surface area is 140 Å². The zero-order valence-electron chi connectivity index (χ0n) is 12.1. The molecule has 2 aromatic rings. The number of nitrogens with two attached hydrogens (primary N) is 1. The number of carbonyl (C=O) groups is 1. The van der Waals surface area contributed by atoms with Gasteiger partial charge in [-0.15, -0.1) is 0 Å². The maximum atomic E-state index is 13.0. The Hall–Kier alpha value is -2.81. The zero-order valence-corrected chi connectivity index (χ0v) is 12.9. The summed E-state index contributed by atoms with van der Waals surface area (Å²) in [5, 5.41) is 0.804. The molecule has 0 unspecified atom stereocenters. The number of carbonyl (C=O) groups excluding carboxylic acids is 1. The van der Waals surface area contributed by atoms with Gasteiger partial charge < -0.3 is 10.5 Å². The number of thiocarbonyl (C=S) groups is 1. The molecule has 0 fully saturated rings. The Morgan fingerprint density at radius 2 is 1.79 bits per heavy atom. The van der Waals surface area contributed by atoms with Crippen molar-refractivity contribution in [1.29, 1.82) is 0 Å². The summed E-state index contributed by atoms with van der Waals surface area (Å²) in [7, 11) is 0. The molecule has 0 spiro atoms. The Morgan fingerprint density at radius 3 is 2.38 bits per heavy atom. The SMILES string of the molecule is NC(=S)N(NC(=O)c1ccccc1OC(F)F)c1ccc(F)cc1. The second kappa shape index (κ2) is 7.64. The lowest BCUT2D eigenvalue weighted by Gasteiger charge is -2.23. The smallest absolute Gasteiger partial charge is 0.387 e. The molecule has 0 saturated heterocycles. The van der Waals surface area contributed by atoms with Crippen molar-refractivity contribution in [3.05, 3.63) is 59.9 Å². The van der Waals surface area contributed by atoms with Crippen LogP contribution in [0.25, 0.3) is 0 Å². The van der Waals surface area contributed by atoms with E-state index in [1.807, 2.05) is 0 Å². The molecule has 0 aromatic heterocycles. The number of para-hydroxylation sites is 1. The van der Waals surface area contributed by atoms with Gasteiger partial charge in [0.2, 0.25) is 0 Å². The number of ether oxygens (including phenoxy) is 1. The number of nitrogens with zero attached hydrogens (tertiary/aromatic N) is 1. The van der Waals surface area contributed by atoms with E-state index in [0.29, 0.717) is 5.69 Å². The van der Waals surface area contributed by atoms with E-state index in [-0.39, 0.29) is 16.4 Å². The van der Waals surface area contributed by atoms with Gasteiger partial charge in [0.05, 0.1) is 11.3 Å². The molecule has 2 rings (SSSR count). The van der Waals surface area contributed by atoms with Gasteiger partial charge in [-0.25, -0.2) is 9.40 Å². The van der Waals surface area contributed by atoms with Crippen LogP contribution in [0.2, 0.25) is 0 Å². The summed E-state index contributed by atoms with van der Waals surface area (Å²) in [6.07, 6.45) is 0. The number of hydrazine groups is 1. The Morgan fingerprint density at radius 1 is 1.17 bits per heavy atom. The predicted octanol–water partition coefficient (Wildman–Crippen LogP) is 2.82. The highest BCUT2D eigenvalue weighted by Crippen LogP contribution is 2.21. The van der Waals surface area contributed by atoms with E-state index < -0.39 is 18.3 Å². The first-order valence-corrected chi connectivity index (χ1v) is 6.99.